The maximum absolute atomic E-state index is 12.7. The van der Waals surface area contributed by atoms with E-state index in [0.29, 0.717) is 17.9 Å². The number of amides is 3. The Morgan fingerprint density at radius 1 is 1.18 bits per heavy atom. The molecule has 3 rings (SSSR count). The van der Waals surface area contributed by atoms with E-state index >= 15 is 0 Å². The van der Waals surface area contributed by atoms with Crippen molar-refractivity contribution < 1.29 is 28.7 Å². The van der Waals surface area contributed by atoms with Gasteiger partial charge in [0.05, 0.1) is 22.6 Å². The minimum atomic E-state index is -0.660. The Labute approximate surface area is 199 Å². The van der Waals surface area contributed by atoms with Crippen LogP contribution in [0.2, 0.25) is 5.02 Å². The van der Waals surface area contributed by atoms with Crippen LogP contribution < -0.4 is 10.1 Å². The number of anilines is 1. The quantitative estimate of drug-likeness (QED) is 0.336. The summed E-state index contributed by atoms with van der Waals surface area (Å²) >= 11 is 6.71. The molecule has 1 saturated heterocycles. The molecule has 0 spiro atoms. The van der Waals surface area contributed by atoms with Gasteiger partial charge in [-0.05, 0) is 53.7 Å². The summed E-state index contributed by atoms with van der Waals surface area (Å²) in [5.74, 6) is -1.19. The second kappa shape index (κ2) is 10.8. The first-order valence-electron chi connectivity index (χ1n) is 9.59. The van der Waals surface area contributed by atoms with Crippen LogP contribution in [0.4, 0.5) is 10.5 Å². The molecule has 0 bridgehead atoms. The van der Waals surface area contributed by atoms with Crippen molar-refractivity contribution in [3.05, 3.63) is 76.2 Å². The van der Waals surface area contributed by atoms with Gasteiger partial charge in [0.15, 0.2) is 0 Å². The Bertz CT molecular complexity index is 1150. The zero-order valence-electron chi connectivity index (χ0n) is 17.5. The molecule has 0 unspecified atom stereocenters. The molecule has 1 N–H and O–H groups in total. The van der Waals surface area contributed by atoms with Crippen molar-refractivity contribution in [3.63, 3.8) is 0 Å². The van der Waals surface area contributed by atoms with Crippen molar-refractivity contribution in [3.8, 4) is 5.75 Å². The van der Waals surface area contributed by atoms with Crippen LogP contribution in [-0.4, -0.2) is 48.2 Å². The number of esters is 1. The number of nitrogens with zero attached hydrogens (tertiary/aromatic N) is 1. The molecule has 3 amide bonds. The highest BCUT2D eigenvalue weighted by Gasteiger charge is 2.36. The highest BCUT2D eigenvalue weighted by molar-refractivity contribution is 8.18. The number of hydrogen-bond acceptors (Lipinski definition) is 7. The highest BCUT2D eigenvalue weighted by Crippen LogP contribution is 2.32. The van der Waals surface area contributed by atoms with Gasteiger partial charge >= 0.3 is 5.97 Å². The third-order valence-corrected chi connectivity index (χ3v) is 5.61. The maximum atomic E-state index is 12.7. The van der Waals surface area contributed by atoms with Crippen molar-refractivity contribution in [1.82, 2.24) is 4.90 Å². The summed E-state index contributed by atoms with van der Waals surface area (Å²) in [5, 5.41) is 2.15. The molecule has 0 aromatic heterocycles. The number of halogens is 1. The first-order chi connectivity index (χ1) is 15.8. The molecule has 1 heterocycles. The summed E-state index contributed by atoms with van der Waals surface area (Å²) in [6, 6.07) is 11.2. The van der Waals surface area contributed by atoms with Crippen LogP contribution in [0.1, 0.15) is 15.9 Å². The first kappa shape index (κ1) is 24.1. The second-order valence-electron chi connectivity index (χ2n) is 6.67. The van der Waals surface area contributed by atoms with Crippen LogP contribution in [0.25, 0.3) is 6.08 Å². The van der Waals surface area contributed by atoms with E-state index in [1.54, 1.807) is 36.4 Å². The molecular weight excluding hydrogens is 468 g/mol. The van der Waals surface area contributed by atoms with Crippen LogP contribution in [0.3, 0.4) is 0 Å². The van der Waals surface area contributed by atoms with E-state index in [0.717, 1.165) is 16.7 Å². The van der Waals surface area contributed by atoms with Crippen molar-refractivity contribution in [2.75, 3.05) is 25.6 Å². The van der Waals surface area contributed by atoms with Crippen LogP contribution in [0.5, 0.6) is 5.75 Å². The summed E-state index contributed by atoms with van der Waals surface area (Å²) in [6.45, 7) is 3.48. The molecule has 2 aromatic rings. The molecule has 1 fully saturated rings. The third kappa shape index (κ3) is 6.03. The molecule has 0 radical (unpaired) electrons. The lowest BCUT2D eigenvalue weighted by molar-refractivity contribution is -0.127. The first-order valence-corrected chi connectivity index (χ1v) is 10.8. The van der Waals surface area contributed by atoms with Gasteiger partial charge in [0.1, 0.15) is 18.9 Å². The van der Waals surface area contributed by atoms with Crippen LogP contribution >= 0.6 is 23.4 Å². The fraction of sp³-hybridized carbons (Fsp3) is 0.130. The van der Waals surface area contributed by atoms with Crippen molar-refractivity contribution in [2.45, 2.75) is 0 Å². The van der Waals surface area contributed by atoms with Gasteiger partial charge in [-0.3, -0.25) is 19.3 Å². The predicted molar refractivity (Wildman–Crippen MR) is 126 cm³/mol. The average Bonchev–Trinajstić information content (AvgIpc) is 3.06. The SMILES string of the molecule is C=CCOc1ccc(/C=C2/SC(=O)N(CC(=O)Nc3ccc(Cl)c(C(=O)OC)c3)C2=O)cc1. The molecule has 2 aromatic carbocycles. The summed E-state index contributed by atoms with van der Waals surface area (Å²) in [6.07, 6.45) is 3.20. The topological polar surface area (TPSA) is 102 Å². The molecule has 33 heavy (non-hydrogen) atoms. The van der Waals surface area contributed by atoms with Gasteiger partial charge < -0.3 is 14.8 Å². The number of carbonyl (C=O) groups excluding carboxylic acids is 4. The number of rotatable bonds is 8. The largest absolute Gasteiger partial charge is 0.490 e. The molecule has 170 valence electrons. The number of hydrogen-bond donors (Lipinski definition) is 1. The lowest BCUT2D eigenvalue weighted by atomic mass is 10.2. The van der Waals surface area contributed by atoms with Crippen molar-refractivity contribution in [1.29, 1.82) is 0 Å². The molecule has 0 atom stereocenters. The van der Waals surface area contributed by atoms with Gasteiger partial charge in [-0.15, -0.1) is 0 Å². The number of benzene rings is 2. The number of imide groups is 1. The molecule has 1 aliphatic rings. The van der Waals surface area contributed by atoms with Crippen LogP contribution in [0.15, 0.2) is 60.0 Å². The van der Waals surface area contributed by atoms with Crippen molar-refractivity contribution >= 4 is 58.1 Å². The molecular formula is C23H19ClN2O6S. The fourth-order valence-electron chi connectivity index (χ4n) is 2.82. The summed E-state index contributed by atoms with van der Waals surface area (Å²) in [4.78, 5) is 50.2. The monoisotopic (exact) mass is 486 g/mol. The number of carbonyl (C=O) groups is 4. The van der Waals surface area contributed by atoms with Gasteiger partial charge in [-0.1, -0.05) is 36.4 Å². The summed E-state index contributed by atoms with van der Waals surface area (Å²) < 4.78 is 10.1. The molecule has 8 nitrogen and oxygen atoms in total. The number of ether oxygens (including phenoxy) is 2. The molecule has 0 aliphatic carbocycles. The molecule has 1 aliphatic heterocycles. The molecule has 10 heteroatoms. The minimum Gasteiger partial charge on any atom is -0.490 e. The van der Waals surface area contributed by atoms with Crippen LogP contribution in [-0.2, 0) is 14.3 Å². The van der Waals surface area contributed by atoms with E-state index in [1.165, 1.54) is 25.3 Å². The van der Waals surface area contributed by atoms with E-state index in [2.05, 4.69) is 16.6 Å². The molecule has 0 saturated carbocycles. The third-order valence-electron chi connectivity index (χ3n) is 4.38. The van der Waals surface area contributed by atoms with Crippen LogP contribution in [0, 0.1) is 0 Å². The minimum absolute atomic E-state index is 0.0759. The zero-order valence-corrected chi connectivity index (χ0v) is 19.1. The number of thioether (sulfide) groups is 1. The standard InChI is InChI=1S/C23H19ClN2O6S/c1-3-10-32-16-7-4-14(5-8-16)11-19-21(28)26(23(30)33-19)13-20(27)25-15-6-9-18(24)17(12-15)22(29)31-2/h3-9,11-12H,1,10,13H2,2H3,(H,25,27)/b19-11+. The van der Waals surface area contributed by atoms with E-state index in [4.69, 9.17) is 16.3 Å². The van der Waals surface area contributed by atoms with Crippen molar-refractivity contribution in [2.24, 2.45) is 0 Å². The van der Waals surface area contributed by atoms with E-state index in [9.17, 15) is 19.2 Å². The maximum Gasteiger partial charge on any atom is 0.339 e. The fourth-order valence-corrected chi connectivity index (χ4v) is 3.85. The van der Waals surface area contributed by atoms with Gasteiger partial charge in [0.2, 0.25) is 5.91 Å². The smallest absolute Gasteiger partial charge is 0.339 e. The van der Waals surface area contributed by atoms with Gasteiger partial charge in [0, 0.05) is 5.69 Å². The predicted octanol–water partition coefficient (Wildman–Crippen LogP) is 4.37. The van der Waals surface area contributed by atoms with E-state index < -0.39 is 29.6 Å². The van der Waals surface area contributed by atoms with Gasteiger partial charge in [-0.2, -0.15) is 0 Å². The summed E-state index contributed by atoms with van der Waals surface area (Å²) in [5.41, 5.74) is 1.05. The van der Waals surface area contributed by atoms with E-state index in [1.807, 2.05) is 0 Å². The number of methoxy groups -OCH3 is 1. The lowest BCUT2D eigenvalue weighted by Gasteiger charge is -2.13. The van der Waals surface area contributed by atoms with E-state index in [-0.39, 0.29) is 21.2 Å². The van der Waals surface area contributed by atoms with Gasteiger partial charge in [-0.25, -0.2) is 4.79 Å². The Kier molecular flexibility index (Phi) is 7.92. The Hall–Kier alpha value is -3.56. The normalized spacial score (nSPS) is 14.4. The Balaban J connectivity index is 1.66. The highest BCUT2D eigenvalue weighted by atomic mass is 35.5. The average molecular weight is 487 g/mol. The number of nitrogens with one attached hydrogen (secondary N) is 1. The lowest BCUT2D eigenvalue weighted by Crippen LogP contribution is -2.36. The zero-order chi connectivity index (χ0) is 24.0. The van der Waals surface area contributed by atoms with Gasteiger partial charge in [0.25, 0.3) is 11.1 Å². The Morgan fingerprint density at radius 2 is 1.91 bits per heavy atom. The Morgan fingerprint density at radius 3 is 2.58 bits per heavy atom. The summed E-state index contributed by atoms with van der Waals surface area (Å²) in [7, 11) is 1.21. The second-order valence-corrected chi connectivity index (χ2v) is 8.07.